The van der Waals surface area contributed by atoms with Gasteiger partial charge < -0.3 is 4.74 Å². The number of hydrogen-bond donors (Lipinski definition) is 0. The lowest BCUT2D eigenvalue weighted by molar-refractivity contribution is 0.151. The molecule has 0 saturated heterocycles. The first-order chi connectivity index (χ1) is 7.77. The van der Waals surface area contributed by atoms with Crippen LogP contribution in [0.4, 0.5) is 0 Å². The molecule has 0 amide bonds. The Bertz CT molecular complexity index is 329. The second kappa shape index (κ2) is 5.62. The lowest BCUT2D eigenvalue weighted by atomic mass is 9.98. The van der Waals surface area contributed by atoms with Crippen molar-refractivity contribution in [3.63, 3.8) is 0 Å². The molecule has 0 aromatic heterocycles. The summed E-state index contributed by atoms with van der Waals surface area (Å²) in [5.41, 5.74) is 0. The van der Waals surface area contributed by atoms with Crippen LogP contribution in [0.5, 0.6) is 5.75 Å². The molecular formula is C14H21OS+. The van der Waals surface area contributed by atoms with Gasteiger partial charge in [0.15, 0.2) is 10.6 Å². The van der Waals surface area contributed by atoms with Crippen LogP contribution in [0.25, 0.3) is 0 Å². The summed E-state index contributed by atoms with van der Waals surface area (Å²) in [6.45, 7) is 0. The number of ether oxygens (including phenoxy) is 1. The van der Waals surface area contributed by atoms with Gasteiger partial charge in [-0.15, -0.1) is 0 Å². The molecular weight excluding hydrogens is 216 g/mol. The van der Waals surface area contributed by atoms with Crippen molar-refractivity contribution >= 4 is 10.9 Å². The van der Waals surface area contributed by atoms with E-state index in [4.69, 9.17) is 4.74 Å². The minimum Gasteiger partial charge on any atom is -0.485 e. The summed E-state index contributed by atoms with van der Waals surface area (Å²) < 4.78 is 6.15. The summed E-state index contributed by atoms with van der Waals surface area (Å²) >= 11 is 0. The van der Waals surface area contributed by atoms with Crippen molar-refractivity contribution < 1.29 is 4.74 Å². The van der Waals surface area contributed by atoms with Crippen LogP contribution in [-0.4, -0.2) is 18.6 Å². The molecule has 88 valence electrons. The van der Waals surface area contributed by atoms with Gasteiger partial charge in [-0.1, -0.05) is 18.6 Å². The third kappa shape index (κ3) is 2.94. The van der Waals surface area contributed by atoms with Crippen molar-refractivity contribution in [2.24, 2.45) is 0 Å². The summed E-state index contributed by atoms with van der Waals surface area (Å²) in [7, 11) is 0.280. The van der Waals surface area contributed by atoms with Gasteiger partial charge >= 0.3 is 0 Å². The molecule has 0 radical (unpaired) electrons. The minimum absolute atomic E-state index is 0.280. The van der Waals surface area contributed by atoms with E-state index in [1.54, 1.807) is 0 Å². The number of hydrogen-bond acceptors (Lipinski definition) is 1. The highest BCUT2D eigenvalue weighted by Gasteiger charge is 2.20. The molecule has 1 aliphatic rings. The van der Waals surface area contributed by atoms with E-state index in [2.05, 4.69) is 36.8 Å². The van der Waals surface area contributed by atoms with Gasteiger partial charge in [0.05, 0.1) is 6.10 Å². The van der Waals surface area contributed by atoms with Gasteiger partial charge in [0, 0.05) is 10.9 Å². The first kappa shape index (κ1) is 11.8. The Morgan fingerprint density at radius 3 is 2.44 bits per heavy atom. The molecule has 1 aliphatic carbocycles. The molecule has 0 heterocycles. The van der Waals surface area contributed by atoms with E-state index in [-0.39, 0.29) is 10.9 Å². The molecule has 0 N–H and O–H groups in total. The highest BCUT2D eigenvalue weighted by atomic mass is 32.2. The normalized spacial score (nSPS) is 17.7. The van der Waals surface area contributed by atoms with E-state index in [0.717, 1.165) is 5.75 Å². The molecule has 1 aromatic carbocycles. The Kier molecular flexibility index (Phi) is 4.16. The Balaban J connectivity index is 2.07. The molecule has 2 rings (SSSR count). The second-order valence-electron chi connectivity index (χ2n) is 4.64. The quantitative estimate of drug-likeness (QED) is 0.729. The van der Waals surface area contributed by atoms with Crippen LogP contribution < -0.4 is 4.74 Å². The molecule has 0 atom stereocenters. The highest BCUT2D eigenvalue weighted by molar-refractivity contribution is 7.95. The molecule has 0 bridgehead atoms. The molecule has 2 heteroatoms. The standard InChI is InChI=1S/C14H21OS/c1-16(2)14-11-7-6-10-13(14)15-12-8-4-3-5-9-12/h6-7,10-12H,3-5,8-9H2,1-2H3/q+1. The van der Waals surface area contributed by atoms with Crippen molar-refractivity contribution in [2.75, 3.05) is 12.5 Å². The van der Waals surface area contributed by atoms with Crippen LogP contribution in [-0.2, 0) is 10.9 Å². The maximum Gasteiger partial charge on any atom is 0.196 e. The van der Waals surface area contributed by atoms with E-state index in [9.17, 15) is 0 Å². The van der Waals surface area contributed by atoms with Gasteiger partial charge in [-0.05, 0) is 37.8 Å². The molecule has 16 heavy (non-hydrogen) atoms. The molecule has 0 unspecified atom stereocenters. The van der Waals surface area contributed by atoms with Crippen molar-refractivity contribution in [2.45, 2.75) is 43.1 Å². The van der Waals surface area contributed by atoms with E-state index in [1.807, 2.05) is 0 Å². The summed E-state index contributed by atoms with van der Waals surface area (Å²) in [6.07, 6.45) is 11.5. The minimum atomic E-state index is 0.280. The molecule has 0 spiro atoms. The first-order valence-corrected chi connectivity index (χ1v) is 8.15. The predicted molar refractivity (Wildman–Crippen MR) is 71.4 cm³/mol. The third-order valence-electron chi connectivity index (χ3n) is 3.13. The Morgan fingerprint density at radius 2 is 1.75 bits per heavy atom. The lowest BCUT2D eigenvalue weighted by Crippen LogP contribution is -2.20. The van der Waals surface area contributed by atoms with Crippen LogP contribution in [0.2, 0.25) is 0 Å². The monoisotopic (exact) mass is 237 g/mol. The number of benzene rings is 1. The molecule has 1 saturated carbocycles. The first-order valence-electron chi connectivity index (χ1n) is 6.10. The van der Waals surface area contributed by atoms with Crippen LogP contribution in [0, 0.1) is 0 Å². The predicted octanol–water partition coefficient (Wildman–Crippen LogP) is 3.63. The molecule has 1 fully saturated rings. The zero-order valence-electron chi connectivity index (χ0n) is 10.2. The summed E-state index contributed by atoms with van der Waals surface area (Å²) in [6, 6.07) is 8.50. The van der Waals surface area contributed by atoms with Crippen LogP contribution in [0.1, 0.15) is 32.1 Å². The van der Waals surface area contributed by atoms with Crippen LogP contribution in [0.3, 0.4) is 0 Å². The topological polar surface area (TPSA) is 9.23 Å². The fourth-order valence-electron chi connectivity index (χ4n) is 2.25. The lowest BCUT2D eigenvalue weighted by Gasteiger charge is -2.23. The highest BCUT2D eigenvalue weighted by Crippen LogP contribution is 2.28. The van der Waals surface area contributed by atoms with Crippen molar-refractivity contribution in [3.8, 4) is 5.75 Å². The average molecular weight is 237 g/mol. The summed E-state index contributed by atoms with van der Waals surface area (Å²) in [4.78, 5) is 1.37. The summed E-state index contributed by atoms with van der Waals surface area (Å²) in [5, 5.41) is 0. The van der Waals surface area contributed by atoms with Crippen LogP contribution >= 0.6 is 0 Å². The zero-order valence-corrected chi connectivity index (χ0v) is 11.1. The van der Waals surface area contributed by atoms with Gasteiger partial charge in [-0.2, -0.15) is 0 Å². The van der Waals surface area contributed by atoms with Gasteiger partial charge in [-0.3, -0.25) is 0 Å². The van der Waals surface area contributed by atoms with Crippen molar-refractivity contribution in [1.82, 2.24) is 0 Å². The van der Waals surface area contributed by atoms with Gasteiger partial charge in [0.25, 0.3) is 0 Å². The third-order valence-corrected chi connectivity index (χ3v) is 4.35. The molecule has 1 aromatic rings. The Hall–Kier alpha value is -0.630. The average Bonchev–Trinajstić information content (AvgIpc) is 2.31. The van der Waals surface area contributed by atoms with Crippen molar-refractivity contribution in [1.29, 1.82) is 0 Å². The van der Waals surface area contributed by atoms with Crippen molar-refractivity contribution in [3.05, 3.63) is 24.3 Å². The zero-order chi connectivity index (χ0) is 11.4. The summed E-state index contributed by atoms with van der Waals surface area (Å²) in [5.74, 6) is 1.11. The van der Waals surface area contributed by atoms with Crippen LogP contribution in [0.15, 0.2) is 29.2 Å². The fraction of sp³-hybridized carbons (Fsp3) is 0.571. The largest absolute Gasteiger partial charge is 0.485 e. The second-order valence-corrected chi connectivity index (χ2v) is 6.71. The van der Waals surface area contributed by atoms with E-state index in [0.29, 0.717) is 6.10 Å². The van der Waals surface area contributed by atoms with E-state index >= 15 is 0 Å². The van der Waals surface area contributed by atoms with E-state index in [1.165, 1.54) is 37.0 Å². The van der Waals surface area contributed by atoms with Gasteiger partial charge in [0.2, 0.25) is 0 Å². The maximum atomic E-state index is 6.15. The van der Waals surface area contributed by atoms with Gasteiger partial charge in [-0.25, -0.2) is 0 Å². The fourth-order valence-corrected chi connectivity index (χ4v) is 3.12. The number of para-hydroxylation sites is 1. The molecule has 1 nitrogen and oxygen atoms in total. The maximum absolute atomic E-state index is 6.15. The smallest absolute Gasteiger partial charge is 0.196 e. The van der Waals surface area contributed by atoms with Gasteiger partial charge in [0.1, 0.15) is 12.5 Å². The Labute approximate surface area is 102 Å². The Morgan fingerprint density at radius 1 is 1.06 bits per heavy atom. The molecule has 0 aliphatic heterocycles. The SMILES string of the molecule is C[S+](C)c1ccccc1OC1CCCCC1. The van der Waals surface area contributed by atoms with E-state index < -0.39 is 0 Å². The number of rotatable bonds is 3.